The van der Waals surface area contributed by atoms with E-state index in [1.54, 1.807) is 0 Å². The number of carbonyl (C=O) groups is 1. The van der Waals surface area contributed by atoms with Gasteiger partial charge in [0, 0.05) is 5.69 Å². The van der Waals surface area contributed by atoms with Crippen LogP contribution < -0.4 is 0 Å². The van der Waals surface area contributed by atoms with Crippen molar-refractivity contribution in [3.05, 3.63) is 17.0 Å². The van der Waals surface area contributed by atoms with Gasteiger partial charge in [-0.1, -0.05) is 0 Å². The molecule has 2 N–H and O–H groups in total. The first kappa shape index (κ1) is 9.56. The fourth-order valence-corrected chi connectivity index (χ4v) is 0.931. The van der Waals surface area contributed by atoms with Crippen molar-refractivity contribution >= 4 is 5.97 Å². The lowest BCUT2D eigenvalue weighted by Gasteiger charge is -2.04. The summed E-state index contributed by atoms with van der Waals surface area (Å²) >= 11 is 0. The molecular weight excluding hydrogens is 189 g/mol. The predicted molar refractivity (Wildman–Crippen MR) is 35.3 cm³/mol. The number of hydrogen-bond acceptors (Lipinski definition) is 2. The molecule has 0 spiro atoms. The molecule has 7 heteroatoms. The number of aromatic nitrogens is 2. The highest BCUT2D eigenvalue weighted by atomic mass is 19.4. The molecular formula is C6H5F3N2O2. The van der Waals surface area contributed by atoms with Gasteiger partial charge >= 0.3 is 12.1 Å². The van der Waals surface area contributed by atoms with Gasteiger partial charge in [0.25, 0.3) is 0 Å². The summed E-state index contributed by atoms with van der Waals surface area (Å²) in [7, 11) is 0. The van der Waals surface area contributed by atoms with Crippen LogP contribution in [0.3, 0.4) is 0 Å². The second-order valence-corrected chi connectivity index (χ2v) is 2.38. The van der Waals surface area contributed by atoms with Gasteiger partial charge in [0.15, 0.2) is 5.69 Å². The largest absolute Gasteiger partial charge is 0.476 e. The third-order valence-corrected chi connectivity index (χ3v) is 1.43. The Morgan fingerprint density at radius 1 is 1.54 bits per heavy atom. The number of hydrogen-bond donors (Lipinski definition) is 2. The van der Waals surface area contributed by atoms with Gasteiger partial charge in [-0.2, -0.15) is 18.3 Å². The highest BCUT2D eigenvalue weighted by Gasteiger charge is 2.39. The summed E-state index contributed by atoms with van der Waals surface area (Å²) in [4.78, 5) is 10.3. The maximum absolute atomic E-state index is 12.2. The minimum absolute atomic E-state index is 0.301. The molecule has 0 bridgehead atoms. The van der Waals surface area contributed by atoms with Crippen LogP contribution in [0.15, 0.2) is 0 Å². The number of H-pyrrole nitrogens is 1. The number of carboxylic acids is 1. The molecule has 72 valence electrons. The molecule has 1 aromatic heterocycles. The van der Waals surface area contributed by atoms with Gasteiger partial charge in [-0.05, 0) is 6.92 Å². The average Bonchev–Trinajstić information content (AvgIpc) is 2.28. The molecule has 1 aromatic rings. The number of carboxylic acid groups (broad SMARTS) is 1. The van der Waals surface area contributed by atoms with E-state index in [1.807, 2.05) is 5.10 Å². The third-order valence-electron chi connectivity index (χ3n) is 1.43. The van der Waals surface area contributed by atoms with E-state index in [0.717, 1.165) is 6.92 Å². The van der Waals surface area contributed by atoms with Gasteiger partial charge in [-0.15, -0.1) is 0 Å². The average molecular weight is 194 g/mol. The van der Waals surface area contributed by atoms with Gasteiger partial charge in [0.2, 0.25) is 0 Å². The van der Waals surface area contributed by atoms with E-state index in [1.165, 1.54) is 0 Å². The van der Waals surface area contributed by atoms with Crippen LogP contribution in [0.1, 0.15) is 21.7 Å². The number of aromatic amines is 1. The lowest BCUT2D eigenvalue weighted by atomic mass is 10.2. The quantitative estimate of drug-likeness (QED) is 0.710. The van der Waals surface area contributed by atoms with Crippen LogP contribution in [-0.4, -0.2) is 21.3 Å². The number of aromatic carboxylic acids is 1. The van der Waals surface area contributed by atoms with E-state index < -0.39 is 23.4 Å². The van der Waals surface area contributed by atoms with Crippen molar-refractivity contribution < 1.29 is 23.1 Å². The molecule has 0 unspecified atom stereocenters. The Balaban J connectivity index is 3.33. The summed E-state index contributed by atoms with van der Waals surface area (Å²) in [5, 5.41) is 13.4. The van der Waals surface area contributed by atoms with E-state index in [2.05, 4.69) is 5.10 Å². The summed E-state index contributed by atoms with van der Waals surface area (Å²) in [5.74, 6) is -1.70. The third kappa shape index (κ3) is 1.63. The number of aryl methyl sites for hydroxylation is 1. The van der Waals surface area contributed by atoms with Gasteiger partial charge in [-0.25, -0.2) is 4.79 Å². The second-order valence-electron chi connectivity index (χ2n) is 2.38. The van der Waals surface area contributed by atoms with Crippen LogP contribution >= 0.6 is 0 Å². The molecule has 1 heterocycles. The fourth-order valence-electron chi connectivity index (χ4n) is 0.931. The molecule has 0 atom stereocenters. The first-order chi connectivity index (χ1) is 5.84. The van der Waals surface area contributed by atoms with E-state index in [4.69, 9.17) is 5.11 Å². The van der Waals surface area contributed by atoms with E-state index >= 15 is 0 Å². The highest BCUT2D eigenvalue weighted by Crippen LogP contribution is 2.33. The molecule has 0 aliphatic carbocycles. The Bertz CT molecular complexity index is 342. The van der Waals surface area contributed by atoms with Gasteiger partial charge in [0.1, 0.15) is 5.56 Å². The molecule has 0 amide bonds. The summed E-state index contributed by atoms with van der Waals surface area (Å²) in [5.41, 5.74) is -2.52. The summed E-state index contributed by atoms with van der Waals surface area (Å²) in [6.07, 6.45) is -4.69. The minimum atomic E-state index is -4.69. The Labute approximate surface area is 70.4 Å². The molecule has 0 saturated heterocycles. The number of halogens is 3. The zero-order valence-electron chi connectivity index (χ0n) is 6.44. The van der Waals surface area contributed by atoms with Crippen LogP contribution in [0.5, 0.6) is 0 Å². The maximum atomic E-state index is 12.2. The van der Waals surface area contributed by atoms with Crippen LogP contribution in [0.25, 0.3) is 0 Å². The molecule has 0 fully saturated rings. The first-order valence-electron chi connectivity index (χ1n) is 3.19. The molecule has 0 radical (unpaired) electrons. The number of alkyl halides is 3. The maximum Gasteiger partial charge on any atom is 0.420 e. The standard InChI is InChI=1S/C6H5F3N2O2/c1-2-3(6(7,8)9)4(5(12)13)11-10-2/h1H3,(H,10,11)(H,12,13). The fraction of sp³-hybridized carbons (Fsp3) is 0.333. The molecule has 13 heavy (non-hydrogen) atoms. The smallest absolute Gasteiger partial charge is 0.420 e. The SMILES string of the molecule is Cc1[nH]nc(C(=O)O)c1C(F)(F)F. The normalized spacial score (nSPS) is 11.7. The summed E-state index contributed by atoms with van der Waals surface area (Å²) in [6.45, 7) is 1.11. The second kappa shape index (κ2) is 2.75. The van der Waals surface area contributed by atoms with Crippen molar-refractivity contribution in [2.45, 2.75) is 13.1 Å². The molecule has 0 aliphatic heterocycles. The Hall–Kier alpha value is -1.53. The Morgan fingerprint density at radius 3 is 2.38 bits per heavy atom. The van der Waals surface area contributed by atoms with Crippen molar-refractivity contribution in [1.82, 2.24) is 10.2 Å². The molecule has 0 saturated carbocycles. The van der Waals surface area contributed by atoms with Crippen LogP contribution in [0.2, 0.25) is 0 Å². The zero-order chi connectivity index (χ0) is 10.2. The molecule has 1 rings (SSSR count). The van der Waals surface area contributed by atoms with Crippen molar-refractivity contribution in [1.29, 1.82) is 0 Å². The van der Waals surface area contributed by atoms with Crippen molar-refractivity contribution in [2.24, 2.45) is 0 Å². The molecule has 0 aromatic carbocycles. The van der Waals surface area contributed by atoms with E-state index in [0.29, 0.717) is 0 Å². The van der Waals surface area contributed by atoms with Gasteiger partial charge in [0.05, 0.1) is 0 Å². The van der Waals surface area contributed by atoms with Crippen LogP contribution in [-0.2, 0) is 6.18 Å². The first-order valence-corrected chi connectivity index (χ1v) is 3.19. The number of nitrogens with zero attached hydrogens (tertiary/aromatic N) is 1. The molecule has 4 nitrogen and oxygen atoms in total. The lowest BCUT2D eigenvalue weighted by molar-refractivity contribution is -0.138. The van der Waals surface area contributed by atoms with E-state index in [-0.39, 0.29) is 5.69 Å². The van der Waals surface area contributed by atoms with Crippen LogP contribution in [0, 0.1) is 6.92 Å². The van der Waals surface area contributed by atoms with Gasteiger partial charge in [-0.3, -0.25) is 5.10 Å². The number of nitrogens with one attached hydrogen (secondary N) is 1. The predicted octanol–water partition coefficient (Wildman–Crippen LogP) is 1.44. The molecule has 0 aliphatic rings. The minimum Gasteiger partial charge on any atom is -0.476 e. The van der Waals surface area contributed by atoms with E-state index in [9.17, 15) is 18.0 Å². The van der Waals surface area contributed by atoms with Gasteiger partial charge < -0.3 is 5.11 Å². The zero-order valence-corrected chi connectivity index (χ0v) is 6.44. The summed E-state index contributed by atoms with van der Waals surface area (Å²) < 4.78 is 36.5. The Kier molecular flexibility index (Phi) is 2.02. The summed E-state index contributed by atoms with van der Waals surface area (Å²) in [6, 6.07) is 0. The van der Waals surface area contributed by atoms with Crippen molar-refractivity contribution in [3.63, 3.8) is 0 Å². The monoisotopic (exact) mass is 194 g/mol. The van der Waals surface area contributed by atoms with Crippen LogP contribution in [0.4, 0.5) is 13.2 Å². The van der Waals surface area contributed by atoms with Crippen molar-refractivity contribution in [3.8, 4) is 0 Å². The highest BCUT2D eigenvalue weighted by molar-refractivity contribution is 5.87. The topological polar surface area (TPSA) is 66.0 Å². The number of rotatable bonds is 1. The van der Waals surface area contributed by atoms with Crippen molar-refractivity contribution in [2.75, 3.05) is 0 Å². The lowest BCUT2D eigenvalue weighted by Crippen LogP contribution is -2.12. The Morgan fingerprint density at radius 2 is 2.08 bits per heavy atom.